The summed E-state index contributed by atoms with van der Waals surface area (Å²) < 4.78 is 1.62. The van der Waals surface area contributed by atoms with Crippen LogP contribution in [0, 0.1) is 0 Å². The van der Waals surface area contributed by atoms with Crippen molar-refractivity contribution in [2.75, 3.05) is 0 Å². The van der Waals surface area contributed by atoms with E-state index in [4.69, 9.17) is 16.7 Å². The second kappa shape index (κ2) is 9.45. The summed E-state index contributed by atoms with van der Waals surface area (Å²) in [5.41, 5.74) is 3.80. The second-order valence-corrected chi connectivity index (χ2v) is 8.84. The number of hydrogen-bond donors (Lipinski definition) is 1. The van der Waals surface area contributed by atoms with Crippen LogP contribution < -0.4 is 5.32 Å². The summed E-state index contributed by atoms with van der Waals surface area (Å²) in [5.74, 6) is -0.233. The molecular weight excluding hydrogens is 450 g/mol. The summed E-state index contributed by atoms with van der Waals surface area (Å²) in [6, 6.07) is 32.7. The SMILES string of the molecule is O=C(NC(c1ccccc1)c1ccccc1)c1cc(-c2cccs2)nn1-c1ccccc1Cl. The lowest BCUT2D eigenvalue weighted by Crippen LogP contribution is -2.31. The molecule has 4 nitrogen and oxygen atoms in total. The van der Waals surface area contributed by atoms with Gasteiger partial charge in [0.15, 0.2) is 0 Å². The number of hydrogen-bond acceptors (Lipinski definition) is 3. The highest BCUT2D eigenvalue weighted by atomic mass is 35.5. The number of para-hydroxylation sites is 1. The Hall–Kier alpha value is -3.67. The van der Waals surface area contributed by atoms with Crippen LogP contribution in [-0.2, 0) is 0 Å². The molecule has 5 aromatic rings. The first-order chi connectivity index (χ1) is 16.2. The fourth-order valence-electron chi connectivity index (χ4n) is 3.75. The van der Waals surface area contributed by atoms with Gasteiger partial charge in [0, 0.05) is 0 Å². The number of halogens is 1. The first kappa shape index (κ1) is 21.2. The zero-order valence-corrected chi connectivity index (χ0v) is 19.1. The molecule has 1 N–H and O–H groups in total. The van der Waals surface area contributed by atoms with Gasteiger partial charge in [-0.25, -0.2) is 4.68 Å². The van der Waals surface area contributed by atoms with Crippen molar-refractivity contribution >= 4 is 28.8 Å². The molecule has 0 aliphatic heterocycles. The summed E-state index contributed by atoms with van der Waals surface area (Å²) in [6.07, 6.45) is 0. The van der Waals surface area contributed by atoms with Crippen LogP contribution in [0.5, 0.6) is 0 Å². The molecule has 3 aromatic carbocycles. The summed E-state index contributed by atoms with van der Waals surface area (Å²) in [6.45, 7) is 0. The predicted molar refractivity (Wildman–Crippen MR) is 134 cm³/mol. The van der Waals surface area contributed by atoms with Crippen molar-refractivity contribution in [1.82, 2.24) is 15.1 Å². The maximum Gasteiger partial charge on any atom is 0.270 e. The molecule has 0 spiro atoms. The monoisotopic (exact) mass is 469 g/mol. The van der Waals surface area contributed by atoms with Crippen LogP contribution in [-0.4, -0.2) is 15.7 Å². The van der Waals surface area contributed by atoms with E-state index in [1.54, 1.807) is 22.1 Å². The molecule has 0 fully saturated rings. The van der Waals surface area contributed by atoms with Crippen LogP contribution in [0.3, 0.4) is 0 Å². The van der Waals surface area contributed by atoms with E-state index >= 15 is 0 Å². The summed E-state index contributed by atoms with van der Waals surface area (Å²) in [4.78, 5) is 14.7. The van der Waals surface area contributed by atoms with E-state index in [2.05, 4.69) is 5.32 Å². The molecule has 1 amide bonds. The first-order valence-corrected chi connectivity index (χ1v) is 11.8. The van der Waals surface area contributed by atoms with E-state index in [9.17, 15) is 4.79 Å². The topological polar surface area (TPSA) is 46.9 Å². The summed E-state index contributed by atoms with van der Waals surface area (Å²) in [5, 5.41) is 10.5. The largest absolute Gasteiger partial charge is 0.340 e. The number of carbonyl (C=O) groups excluding carboxylic acids is 1. The maximum atomic E-state index is 13.7. The minimum Gasteiger partial charge on any atom is -0.340 e. The third-order valence-corrected chi connectivity index (χ3v) is 6.55. The maximum absolute atomic E-state index is 13.7. The number of nitrogens with one attached hydrogen (secondary N) is 1. The number of amides is 1. The molecular formula is C27H20ClN3OS. The van der Waals surface area contributed by atoms with Crippen molar-refractivity contribution in [1.29, 1.82) is 0 Å². The van der Waals surface area contributed by atoms with E-state index in [1.807, 2.05) is 102 Å². The molecule has 2 heterocycles. The molecule has 0 saturated heterocycles. The molecule has 6 heteroatoms. The molecule has 5 rings (SSSR count). The lowest BCUT2D eigenvalue weighted by molar-refractivity contribution is 0.0935. The fourth-order valence-corrected chi connectivity index (χ4v) is 4.65. The predicted octanol–water partition coefficient (Wildman–Crippen LogP) is 6.77. The van der Waals surface area contributed by atoms with Gasteiger partial charge >= 0.3 is 0 Å². The fraction of sp³-hybridized carbons (Fsp3) is 0.0370. The van der Waals surface area contributed by atoms with Gasteiger partial charge in [0.25, 0.3) is 5.91 Å². The molecule has 0 aliphatic rings. The number of aromatic nitrogens is 2. The Morgan fingerprint density at radius 2 is 1.48 bits per heavy atom. The lowest BCUT2D eigenvalue weighted by Gasteiger charge is -2.20. The number of rotatable bonds is 6. The minimum absolute atomic E-state index is 0.233. The van der Waals surface area contributed by atoms with Gasteiger partial charge in [0.2, 0.25) is 0 Å². The molecule has 0 radical (unpaired) electrons. The van der Waals surface area contributed by atoms with E-state index in [-0.39, 0.29) is 11.9 Å². The van der Waals surface area contributed by atoms with Gasteiger partial charge < -0.3 is 5.32 Å². The van der Waals surface area contributed by atoms with Gasteiger partial charge in [-0.3, -0.25) is 4.79 Å². The Labute approximate surface area is 201 Å². The Morgan fingerprint density at radius 1 is 0.848 bits per heavy atom. The van der Waals surface area contributed by atoms with Crippen LogP contribution in [0.25, 0.3) is 16.3 Å². The zero-order valence-electron chi connectivity index (χ0n) is 17.6. The van der Waals surface area contributed by atoms with Crippen LogP contribution in [0.4, 0.5) is 0 Å². The van der Waals surface area contributed by atoms with Crippen LogP contribution in [0.2, 0.25) is 5.02 Å². The quantitative estimate of drug-likeness (QED) is 0.298. The lowest BCUT2D eigenvalue weighted by atomic mass is 9.98. The van der Waals surface area contributed by atoms with Crippen molar-refractivity contribution in [3.63, 3.8) is 0 Å². The number of benzene rings is 3. The Balaban J connectivity index is 1.58. The van der Waals surface area contributed by atoms with Gasteiger partial charge in [-0.05, 0) is 40.8 Å². The molecule has 0 saturated carbocycles. The van der Waals surface area contributed by atoms with Crippen molar-refractivity contribution in [2.24, 2.45) is 0 Å². The normalized spacial score (nSPS) is 11.0. The first-order valence-electron chi connectivity index (χ1n) is 10.5. The standard InChI is InChI=1S/C27H20ClN3OS/c28-21-14-7-8-15-23(21)31-24(18-22(30-31)25-16-9-17-33-25)27(32)29-26(19-10-3-1-4-11-19)20-12-5-2-6-13-20/h1-18,26H,(H,29,32). The van der Waals surface area contributed by atoms with E-state index in [0.29, 0.717) is 16.4 Å². The number of nitrogens with zero attached hydrogens (tertiary/aromatic N) is 2. The second-order valence-electron chi connectivity index (χ2n) is 7.48. The van der Waals surface area contributed by atoms with Gasteiger partial charge in [-0.1, -0.05) is 90.5 Å². The highest BCUT2D eigenvalue weighted by Crippen LogP contribution is 2.29. The van der Waals surface area contributed by atoms with Crippen molar-refractivity contribution in [3.05, 3.63) is 130 Å². The average molecular weight is 470 g/mol. The Bertz CT molecular complexity index is 1330. The molecule has 0 aliphatic carbocycles. The van der Waals surface area contributed by atoms with E-state index in [1.165, 1.54) is 0 Å². The number of thiophene rings is 1. The summed E-state index contributed by atoms with van der Waals surface area (Å²) >= 11 is 8.05. The van der Waals surface area contributed by atoms with Gasteiger partial charge in [-0.15, -0.1) is 11.3 Å². The Kier molecular flexibility index (Phi) is 6.07. The third kappa shape index (κ3) is 4.46. The van der Waals surface area contributed by atoms with Crippen LogP contribution in [0.15, 0.2) is 109 Å². The Morgan fingerprint density at radius 3 is 2.09 bits per heavy atom. The van der Waals surface area contributed by atoms with Gasteiger partial charge in [0.1, 0.15) is 11.4 Å². The highest BCUT2D eigenvalue weighted by Gasteiger charge is 2.23. The molecule has 0 bridgehead atoms. The van der Waals surface area contributed by atoms with Gasteiger partial charge in [-0.2, -0.15) is 5.10 Å². The van der Waals surface area contributed by atoms with Crippen LogP contribution in [0.1, 0.15) is 27.7 Å². The van der Waals surface area contributed by atoms with Crippen molar-refractivity contribution in [3.8, 4) is 16.3 Å². The molecule has 33 heavy (non-hydrogen) atoms. The number of carbonyl (C=O) groups is 1. The van der Waals surface area contributed by atoms with E-state index in [0.717, 1.165) is 21.7 Å². The molecule has 0 atom stereocenters. The van der Waals surface area contributed by atoms with Crippen LogP contribution >= 0.6 is 22.9 Å². The van der Waals surface area contributed by atoms with Crippen molar-refractivity contribution in [2.45, 2.75) is 6.04 Å². The highest BCUT2D eigenvalue weighted by molar-refractivity contribution is 7.13. The van der Waals surface area contributed by atoms with Crippen molar-refractivity contribution < 1.29 is 4.79 Å². The average Bonchev–Trinajstić information content (AvgIpc) is 3.54. The summed E-state index contributed by atoms with van der Waals surface area (Å²) in [7, 11) is 0. The molecule has 0 unspecified atom stereocenters. The molecule has 162 valence electrons. The van der Waals surface area contributed by atoms with E-state index < -0.39 is 0 Å². The third-order valence-electron chi connectivity index (χ3n) is 5.34. The molecule has 2 aromatic heterocycles. The minimum atomic E-state index is -0.306. The zero-order chi connectivity index (χ0) is 22.6. The van der Waals surface area contributed by atoms with Gasteiger partial charge in [0.05, 0.1) is 21.6 Å². The smallest absolute Gasteiger partial charge is 0.270 e.